The van der Waals surface area contributed by atoms with Crippen LogP contribution in [0.15, 0.2) is 30.3 Å². The Morgan fingerprint density at radius 2 is 1.95 bits per heavy atom. The summed E-state index contributed by atoms with van der Waals surface area (Å²) in [6.07, 6.45) is 0. The molecule has 0 saturated carbocycles. The molecule has 2 aromatic rings. The van der Waals surface area contributed by atoms with Crippen LogP contribution >= 0.6 is 11.6 Å². The van der Waals surface area contributed by atoms with Crippen molar-refractivity contribution >= 4 is 28.9 Å². The molecule has 1 amide bonds. The van der Waals surface area contributed by atoms with Crippen LogP contribution in [0.25, 0.3) is 0 Å². The Hall–Kier alpha value is -2.14. The topological polar surface area (TPSA) is 55.1 Å². The maximum Gasteiger partial charge on any atom is 0.258 e. The largest absolute Gasteiger partial charge is 0.398 e. The van der Waals surface area contributed by atoms with Crippen molar-refractivity contribution in [2.24, 2.45) is 0 Å². The first kappa shape index (κ1) is 14.3. The van der Waals surface area contributed by atoms with Crippen LogP contribution in [-0.2, 0) is 0 Å². The lowest BCUT2D eigenvalue weighted by Crippen LogP contribution is -2.15. The van der Waals surface area contributed by atoms with E-state index in [1.54, 1.807) is 13.0 Å². The molecule has 0 saturated heterocycles. The molecule has 104 valence electrons. The van der Waals surface area contributed by atoms with Gasteiger partial charge < -0.3 is 11.1 Å². The number of halogens is 3. The van der Waals surface area contributed by atoms with Gasteiger partial charge >= 0.3 is 0 Å². The van der Waals surface area contributed by atoms with Crippen molar-refractivity contribution < 1.29 is 13.6 Å². The minimum absolute atomic E-state index is 0.269. The van der Waals surface area contributed by atoms with E-state index < -0.39 is 17.5 Å². The Balaban J connectivity index is 2.32. The molecule has 3 nitrogen and oxygen atoms in total. The number of hydrogen-bond donors (Lipinski definition) is 2. The number of carbonyl (C=O) groups is 1. The number of benzene rings is 2. The number of nitrogens with two attached hydrogens (primary N) is 1. The Morgan fingerprint density at radius 3 is 2.65 bits per heavy atom. The first-order valence-electron chi connectivity index (χ1n) is 5.70. The van der Waals surface area contributed by atoms with Gasteiger partial charge in [-0.05, 0) is 42.8 Å². The second-order valence-electron chi connectivity index (χ2n) is 4.27. The minimum atomic E-state index is -0.803. The fourth-order valence-electron chi connectivity index (χ4n) is 1.70. The molecule has 0 aliphatic heterocycles. The summed E-state index contributed by atoms with van der Waals surface area (Å²) in [6, 6.07) is 5.71. The first-order valence-corrected chi connectivity index (χ1v) is 6.08. The van der Waals surface area contributed by atoms with E-state index in [9.17, 15) is 13.6 Å². The molecular formula is C14H11ClF2N2O. The van der Waals surface area contributed by atoms with Crippen LogP contribution in [0.1, 0.15) is 15.9 Å². The molecule has 20 heavy (non-hydrogen) atoms. The van der Waals surface area contributed by atoms with Crippen molar-refractivity contribution in [2.75, 3.05) is 11.1 Å². The highest BCUT2D eigenvalue weighted by atomic mass is 35.5. The third kappa shape index (κ3) is 2.88. The molecule has 0 radical (unpaired) electrons. The normalized spacial score (nSPS) is 10.4. The summed E-state index contributed by atoms with van der Waals surface area (Å²) < 4.78 is 26.6. The molecule has 0 atom stereocenters. The zero-order chi connectivity index (χ0) is 14.9. The van der Waals surface area contributed by atoms with E-state index in [-0.39, 0.29) is 10.6 Å². The summed E-state index contributed by atoms with van der Waals surface area (Å²) in [5.41, 5.74) is 6.67. The van der Waals surface area contributed by atoms with Crippen molar-refractivity contribution in [3.05, 3.63) is 58.1 Å². The number of rotatable bonds is 2. The predicted molar refractivity (Wildman–Crippen MR) is 74.9 cm³/mol. The van der Waals surface area contributed by atoms with E-state index in [0.29, 0.717) is 16.9 Å². The summed E-state index contributed by atoms with van der Waals surface area (Å²) in [5, 5.41) is 2.75. The van der Waals surface area contributed by atoms with E-state index in [0.717, 1.165) is 18.2 Å². The number of hydrogen-bond acceptors (Lipinski definition) is 2. The van der Waals surface area contributed by atoms with Gasteiger partial charge in [0.15, 0.2) is 0 Å². The zero-order valence-electron chi connectivity index (χ0n) is 10.5. The molecule has 0 fully saturated rings. The lowest BCUT2D eigenvalue weighted by atomic mass is 10.1. The van der Waals surface area contributed by atoms with Crippen LogP contribution < -0.4 is 11.1 Å². The number of amides is 1. The van der Waals surface area contributed by atoms with Crippen molar-refractivity contribution in [1.82, 2.24) is 0 Å². The smallest absolute Gasteiger partial charge is 0.258 e. The van der Waals surface area contributed by atoms with Gasteiger partial charge in [0.25, 0.3) is 5.91 Å². The summed E-state index contributed by atoms with van der Waals surface area (Å²) in [7, 11) is 0. The molecule has 0 unspecified atom stereocenters. The second kappa shape index (κ2) is 5.46. The van der Waals surface area contributed by atoms with Gasteiger partial charge in [0.05, 0.1) is 16.3 Å². The highest BCUT2D eigenvalue weighted by molar-refractivity contribution is 6.33. The molecule has 0 aromatic heterocycles. The standard InChI is InChI=1S/C14H11ClF2N2O/c1-7-4-12(18)10(15)6-13(7)19-14(20)9-5-8(16)2-3-11(9)17/h2-6H,18H2,1H3,(H,19,20). The minimum Gasteiger partial charge on any atom is -0.398 e. The number of nitrogens with one attached hydrogen (secondary N) is 1. The van der Waals surface area contributed by atoms with Crippen LogP contribution in [0, 0.1) is 18.6 Å². The van der Waals surface area contributed by atoms with Crippen molar-refractivity contribution in [3.63, 3.8) is 0 Å². The fourth-order valence-corrected chi connectivity index (χ4v) is 1.86. The van der Waals surface area contributed by atoms with Crippen molar-refractivity contribution in [2.45, 2.75) is 6.92 Å². The van der Waals surface area contributed by atoms with Gasteiger partial charge in [-0.1, -0.05) is 11.6 Å². The average Bonchev–Trinajstić information content (AvgIpc) is 2.38. The predicted octanol–water partition coefficient (Wildman–Crippen LogP) is 3.76. The van der Waals surface area contributed by atoms with Crippen LogP contribution in [0.5, 0.6) is 0 Å². The number of anilines is 2. The van der Waals surface area contributed by atoms with Gasteiger partial charge in [0.2, 0.25) is 0 Å². The van der Waals surface area contributed by atoms with Crippen molar-refractivity contribution in [3.8, 4) is 0 Å². The molecule has 0 aliphatic carbocycles. The molecule has 0 aliphatic rings. The molecule has 2 rings (SSSR count). The lowest BCUT2D eigenvalue weighted by Gasteiger charge is -2.11. The summed E-state index contributed by atoms with van der Waals surface area (Å²) in [6.45, 7) is 1.71. The summed E-state index contributed by atoms with van der Waals surface area (Å²) in [4.78, 5) is 11.9. The van der Waals surface area contributed by atoms with Crippen LogP contribution in [0.4, 0.5) is 20.2 Å². The molecule has 0 spiro atoms. The maximum absolute atomic E-state index is 13.5. The Bertz CT molecular complexity index is 689. The molecule has 0 bridgehead atoms. The monoisotopic (exact) mass is 296 g/mol. The van der Waals surface area contributed by atoms with Gasteiger partial charge in [-0.2, -0.15) is 0 Å². The van der Waals surface area contributed by atoms with Crippen LogP contribution in [-0.4, -0.2) is 5.91 Å². The second-order valence-corrected chi connectivity index (χ2v) is 4.67. The fraction of sp³-hybridized carbons (Fsp3) is 0.0714. The molecule has 2 aromatic carbocycles. The van der Waals surface area contributed by atoms with Gasteiger partial charge in [-0.3, -0.25) is 4.79 Å². The third-order valence-corrected chi connectivity index (χ3v) is 3.09. The van der Waals surface area contributed by atoms with E-state index in [1.165, 1.54) is 6.07 Å². The Kier molecular flexibility index (Phi) is 3.90. The number of nitrogen functional groups attached to an aromatic ring is 1. The summed E-state index contributed by atoms with van der Waals surface area (Å²) in [5.74, 6) is -2.25. The maximum atomic E-state index is 13.5. The van der Waals surface area contributed by atoms with E-state index in [2.05, 4.69) is 5.32 Å². The molecule has 3 N–H and O–H groups in total. The zero-order valence-corrected chi connectivity index (χ0v) is 11.3. The Labute approximate surface area is 119 Å². The van der Waals surface area contributed by atoms with E-state index >= 15 is 0 Å². The van der Waals surface area contributed by atoms with Crippen molar-refractivity contribution in [1.29, 1.82) is 0 Å². The van der Waals surface area contributed by atoms with E-state index in [4.69, 9.17) is 17.3 Å². The van der Waals surface area contributed by atoms with Crippen LogP contribution in [0.3, 0.4) is 0 Å². The van der Waals surface area contributed by atoms with Gasteiger partial charge in [-0.15, -0.1) is 0 Å². The van der Waals surface area contributed by atoms with Gasteiger partial charge in [-0.25, -0.2) is 8.78 Å². The third-order valence-electron chi connectivity index (χ3n) is 2.76. The molecular weight excluding hydrogens is 286 g/mol. The van der Waals surface area contributed by atoms with E-state index in [1.807, 2.05) is 0 Å². The highest BCUT2D eigenvalue weighted by Crippen LogP contribution is 2.27. The Morgan fingerprint density at radius 1 is 1.25 bits per heavy atom. The van der Waals surface area contributed by atoms with Crippen LogP contribution in [0.2, 0.25) is 5.02 Å². The number of aryl methyl sites for hydroxylation is 1. The molecule has 6 heteroatoms. The quantitative estimate of drug-likeness (QED) is 0.829. The summed E-state index contributed by atoms with van der Waals surface area (Å²) >= 11 is 5.86. The first-order chi connectivity index (χ1) is 9.38. The lowest BCUT2D eigenvalue weighted by molar-refractivity contribution is 0.102. The number of carbonyl (C=O) groups excluding carboxylic acids is 1. The van der Waals surface area contributed by atoms with Gasteiger partial charge in [0, 0.05) is 5.69 Å². The van der Waals surface area contributed by atoms with Gasteiger partial charge in [0.1, 0.15) is 11.6 Å². The highest BCUT2D eigenvalue weighted by Gasteiger charge is 2.14. The SMILES string of the molecule is Cc1cc(N)c(Cl)cc1NC(=O)c1cc(F)ccc1F. The molecule has 0 heterocycles. The average molecular weight is 297 g/mol.